The van der Waals surface area contributed by atoms with Crippen molar-refractivity contribution in [2.75, 3.05) is 16.4 Å². The van der Waals surface area contributed by atoms with E-state index in [9.17, 15) is 12.8 Å². The van der Waals surface area contributed by atoms with E-state index >= 15 is 0 Å². The van der Waals surface area contributed by atoms with Crippen LogP contribution in [0.3, 0.4) is 0 Å². The average molecular weight is 253 g/mol. The maximum atomic E-state index is 12.6. The normalized spacial score (nSPS) is 11.3. The average Bonchev–Trinajstić information content (AvgIpc) is 2.14. The quantitative estimate of drug-likeness (QED) is 0.640. The predicted octanol–water partition coefficient (Wildman–Crippen LogP) is 1.59. The number of rotatable bonds is 5. The fourth-order valence-corrected chi connectivity index (χ4v) is 2.27. The highest BCUT2D eigenvalue weighted by atomic mass is 35.5. The second-order valence-electron chi connectivity index (χ2n) is 2.81. The minimum absolute atomic E-state index is 0.0235. The summed E-state index contributed by atoms with van der Waals surface area (Å²) in [6, 6.07) is 3.89. The van der Waals surface area contributed by atoms with Gasteiger partial charge in [0.2, 0.25) is 16.0 Å². The van der Waals surface area contributed by atoms with Crippen LogP contribution in [-0.2, 0) is 10.0 Å². The van der Waals surface area contributed by atoms with Gasteiger partial charge in [-0.3, -0.25) is 4.72 Å². The van der Waals surface area contributed by atoms with Gasteiger partial charge in [-0.05, 0) is 18.6 Å². The minimum Gasteiger partial charge on any atom is -0.267 e. The van der Waals surface area contributed by atoms with Crippen molar-refractivity contribution in [1.29, 1.82) is 0 Å². The molecule has 0 saturated carbocycles. The molecule has 1 rings (SSSR count). The summed E-state index contributed by atoms with van der Waals surface area (Å²) >= 11 is 5.37. The van der Waals surface area contributed by atoms with Gasteiger partial charge in [0, 0.05) is 5.88 Å². The van der Waals surface area contributed by atoms with E-state index in [1.807, 2.05) is 0 Å². The molecule has 84 valence electrons. The lowest BCUT2D eigenvalue weighted by molar-refractivity contribution is 0.584. The molecule has 7 heteroatoms. The third kappa shape index (κ3) is 4.44. The van der Waals surface area contributed by atoms with Crippen molar-refractivity contribution in [3.63, 3.8) is 0 Å². The van der Waals surface area contributed by atoms with Crippen LogP contribution in [0.15, 0.2) is 18.2 Å². The monoisotopic (exact) mass is 252 g/mol. The van der Waals surface area contributed by atoms with E-state index in [-0.39, 0.29) is 17.5 Å². The lowest BCUT2D eigenvalue weighted by Crippen LogP contribution is -2.17. The second kappa shape index (κ2) is 5.27. The van der Waals surface area contributed by atoms with Gasteiger partial charge in [0.25, 0.3) is 0 Å². The molecule has 1 aromatic rings. The Kier molecular flexibility index (Phi) is 4.28. The van der Waals surface area contributed by atoms with Gasteiger partial charge in [0.15, 0.2) is 0 Å². The molecule has 0 aliphatic rings. The lowest BCUT2D eigenvalue weighted by atomic mass is 10.5. The summed E-state index contributed by atoms with van der Waals surface area (Å²) in [7, 11) is -3.48. The predicted molar refractivity (Wildman–Crippen MR) is 56.9 cm³/mol. The summed E-state index contributed by atoms with van der Waals surface area (Å²) in [5.41, 5.74) is 0. The summed E-state index contributed by atoms with van der Waals surface area (Å²) in [4.78, 5) is 3.38. The molecule has 0 radical (unpaired) electrons. The zero-order valence-corrected chi connectivity index (χ0v) is 9.35. The zero-order valence-electron chi connectivity index (χ0n) is 7.78. The molecular formula is C8H10ClFN2O2S. The van der Waals surface area contributed by atoms with Crippen molar-refractivity contribution in [3.05, 3.63) is 24.1 Å². The first kappa shape index (κ1) is 12.2. The SMILES string of the molecule is O=S(=O)(CCCCl)Nc1cccc(F)n1. The first-order valence-corrected chi connectivity index (χ1v) is 6.41. The van der Waals surface area contributed by atoms with E-state index < -0.39 is 16.0 Å². The van der Waals surface area contributed by atoms with Gasteiger partial charge in [0.1, 0.15) is 5.82 Å². The van der Waals surface area contributed by atoms with Gasteiger partial charge in [-0.1, -0.05) is 6.07 Å². The molecule has 1 heterocycles. The Labute approximate surface area is 92.5 Å². The molecule has 0 fully saturated rings. The molecule has 1 N–H and O–H groups in total. The van der Waals surface area contributed by atoms with E-state index in [0.717, 1.165) is 6.07 Å². The standard InChI is InChI=1S/C8H10ClFN2O2S/c9-5-2-6-15(13,14)12-8-4-1-3-7(10)11-8/h1,3-4H,2,5-6H2,(H,11,12). The Balaban J connectivity index is 2.69. The second-order valence-corrected chi connectivity index (χ2v) is 5.03. The molecule has 1 aromatic heterocycles. The molecule has 0 aliphatic heterocycles. The molecule has 0 amide bonds. The number of sulfonamides is 1. The fourth-order valence-electron chi connectivity index (χ4n) is 0.920. The van der Waals surface area contributed by atoms with E-state index in [1.165, 1.54) is 12.1 Å². The van der Waals surface area contributed by atoms with Crippen LogP contribution in [0.2, 0.25) is 0 Å². The minimum atomic E-state index is -3.48. The van der Waals surface area contributed by atoms with Crippen LogP contribution in [0.5, 0.6) is 0 Å². The topological polar surface area (TPSA) is 59.1 Å². The highest BCUT2D eigenvalue weighted by molar-refractivity contribution is 7.92. The Morgan fingerprint density at radius 1 is 1.47 bits per heavy atom. The largest absolute Gasteiger partial charge is 0.267 e. The summed E-state index contributed by atoms with van der Waals surface area (Å²) < 4.78 is 37.5. The van der Waals surface area contributed by atoms with E-state index in [1.54, 1.807) is 0 Å². The molecule has 0 aromatic carbocycles. The molecule has 0 bridgehead atoms. The molecule has 0 unspecified atom stereocenters. The molecule has 0 aliphatic carbocycles. The molecular weight excluding hydrogens is 243 g/mol. The van der Waals surface area contributed by atoms with Crippen LogP contribution in [0.25, 0.3) is 0 Å². The van der Waals surface area contributed by atoms with Crippen molar-refractivity contribution in [2.24, 2.45) is 0 Å². The van der Waals surface area contributed by atoms with Gasteiger partial charge < -0.3 is 0 Å². The van der Waals surface area contributed by atoms with Crippen molar-refractivity contribution in [2.45, 2.75) is 6.42 Å². The maximum Gasteiger partial charge on any atom is 0.233 e. The summed E-state index contributed by atoms with van der Waals surface area (Å²) in [5.74, 6) is -0.594. The van der Waals surface area contributed by atoms with Crippen LogP contribution in [-0.4, -0.2) is 25.0 Å². The maximum absolute atomic E-state index is 12.6. The van der Waals surface area contributed by atoms with Crippen LogP contribution >= 0.6 is 11.6 Å². The van der Waals surface area contributed by atoms with Crippen molar-refractivity contribution in [3.8, 4) is 0 Å². The van der Waals surface area contributed by atoms with Crippen LogP contribution in [0.4, 0.5) is 10.2 Å². The molecule has 0 saturated heterocycles. The Morgan fingerprint density at radius 2 is 2.20 bits per heavy atom. The zero-order chi connectivity index (χ0) is 11.3. The van der Waals surface area contributed by atoms with E-state index in [0.29, 0.717) is 6.42 Å². The number of nitrogens with zero attached hydrogens (tertiary/aromatic N) is 1. The molecule has 0 spiro atoms. The third-order valence-electron chi connectivity index (χ3n) is 1.52. The first-order chi connectivity index (χ1) is 7.03. The molecule has 15 heavy (non-hydrogen) atoms. The molecule has 0 atom stereocenters. The Bertz CT molecular complexity index is 424. The van der Waals surface area contributed by atoms with Crippen molar-refractivity contribution < 1.29 is 12.8 Å². The number of hydrogen-bond donors (Lipinski definition) is 1. The number of anilines is 1. The van der Waals surface area contributed by atoms with Crippen molar-refractivity contribution >= 4 is 27.4 Å². The summed E-state index contributed by atoms with van der Waals surface area (Å²) in [5, 5.41) is 0. The number of halogens is 2. The van der Waals surface area contributed by atoms with Crippen LogP contribution in [0.1, 0.15) is 6.42 Å². The lowest BCUT2D eigenvalue weighted by Gasteiger charge is -2.05. The number of aromatic nitrogens is 1. The highest BCUT2D eigenvalue weighted by Gasteiger charge is 2.10. The summed E-state index contributed by atoms with van der Waals surface area (Å²) in [6.45, 7) is 0. The van der Waals surface area contributed by atoms with Gasteiger partial charge in [0.05, 0.1) is 5.75 Å². The van der Waals surface area contributed by atoms with Gasteiger partial charge in [-0.2, -0.15) is 4.39 Å². The summed E-state index contributed by atoms with van der Waals surface area (Å²) in [6.07, 6.45) is 0.339. The van der Waals surface area contributed by atoms with Crippen LogP contribution < -0.4 is 4.72 Å². The Morgan fingerprint density at radius 3 is 2.80 bits per heavy atom. The number of pyridine rings is 1. The molecule has 4 nitrogen and oxygen atoms in total. The van der Waals surface area contributed by atoms with Crippen molar-refractivity contribution in [1.82, 2.24) is 4.98 Å². The first-order valence-electron chi connectivity index (χ1n) is 4.22. The smallest absolute Gasteiger partial charge is 0.233 e. The number of hydrogen-bond acceptors (Lipinski definition) is 3. The van der Waals surface area contributed by atoms with E-state index in [4.69, 9.17) is 11.6 Å². The van der Waals surface area contributed by atoms with Gasteiger partial charge in [-0.15, -0.1) is 11.6 Å². The fraction of sp³-hybridized carbons (Fsp3) is 0.375. The number of nitrogens with one attached hydrogen (secondary N) is 1. The van der Waals surface area contributed by atoms with E-state index in [2.05, 4.69) is 9.71 Å². The van der Waals surface area contributed by atoms with Gasteiger partial charge in [-0.25, -0.2) is 13.4 Å². The van der Waals surface area contributed by atoms with Crippen LogP contribution in [0, 0.1) is 5.95 Å². The number of alkyl halides is 1. The van der Waals surface area contributed by atoms with Gasteiger partial charge >= 0.3 is 0 Å². The third-order valence-corrected chi connectivity index (χ3v) is 3.14. The highest BCUT2D eigenvalue weighted by Crippen LogP contribution is 2.07. The Hall–Kier alpha value is -0.880.